The van der Waals surface area contributed by atoms with Gasteiger partial charge in [-0.15, -0.1) is 0 Å². The van der Waals surface area contributed by atoms with E-state index in [1.807, 2.05) is 0 Å². The van der Waals surface area contributed by atoms with Gasteiger partial charge in [0.15, 0.2) is 0 Å². The molecule has 0 bridgehead atoms. The SMILES string of the molecule is CCN1CCCC(Nc2ccc(N)cc2F)C1. The van der Waals surface area contributed by atoms with Crippen LogP contribution in [0, 0.1) is 5.82 Å². The van der Waals surface area contributed by atoms with Gasteiger partial charge in [0.1, 0.15) is 5.82 Å². The average Bonchev–Trinajstić information content (AvgIpc) is 2.33. The lowest BCUT2D eigenvalue weighted by molar-refractivity contribution is 0.226. The first kappa shape index (κ1) is 12.2. The van der Waals surface area contributed by atoms with Crippen molar-refractivity contribution in [2.45, 2.75) is 25.8 Å². The normalized spacial score (nSPS) is 21.4. The highest BCUT2D eigenvalue weighted by molar-refractivity contribution is 5.53. The number of likely N-dealkylation sites (tertiary alicyclic amines) is 1. The number of halogens is 1. The fourth-order valence-corrected chi connectivity index (χ4v) is 2.33. The van der Waals surface area contributed by atoms with E-state index >= 15 is 0 Å². The number of hydrogen-bond acceptors (Lipinski definition) is 3. The molecule has 0 spiro atoms. The minimum atomic E-state index is -0.265. The second-order valence-electron chi connectivity index (χ2n) is 4.62. The van der Waals surface area contributed by atoms with Crippen LogP contribution in [0.4, 0.5) is 15.8 Å². The summed E-state index contributed by atoms with van der Waals surface area (Å²) in [5.41, 5.74) is 6.55. The molecule has 1 saturated heterocycles. The van der Waals surface area contributed by atoms with E-state index in [-0.39, 0.29) is 5.82 Å². The topological polar surface area (TPSA) is 41.3 Å². The lowest BCUT2D eigenvalue weighted by atomic mass is 10.1. The molecule has 0 aromatic heterocycles. The van der Waals surface area contributed by atoms with Gasteiger partial charge in [0.2, 0.25) is 0 Å². The average molecular weight is 237 g/mol. The number of nitrogen functional groups attached to an aromatic ring is 1. The van der Waals surface area contributed by atoms with Gasteiger partial charge in [0.05, 0.1) is 5.69 Å². The molecule has 0 aliphatic carbocycles. The van der Waals surface area contributed by atoms with Gasteiger partial charge in [-0.2, -0.15) is 0 Å². The number of hydrogen-bond donors (Lipinski definition) is 2. The summed E-state index contributed by atoms with van der Waals surface area (Å²) in [6.45, 7) is 5.35. The Labute approximate surface area is 102 Å². The molecular formula is C13H20FN3. The van der Waals surface area contributed by atoms with Crippen molar-refractivity contribution in [3.05, 3.63) is 24.0 Å². The molecule has 4 heteroatoms. The van der Waals surface area contributed by atoms with Crippen molar-refractivity contribution in [2.75, 3.05) is 30.7 Å². The Morgan fingerprint density at radius 3 is 3.06 bits per heavy atom. The fraction of sp³-hybridized carbons (Fsp3) is 0.538. The Bertz CT molecular complexity index is 381. The third-order valence-corrected chi connectivity index (χ3v) is 3.31. The highest BCUT2D eigenvalue weighted by Crippen LogP contribution is 2.20. The van der Waals surface area contributed by atoms with Crippen molar-refractivity contribution in [2.24, 2.45) is 0 Å². The van der Waals surface area contributed by atoms with Gasteiger partial charge in [-0.3, -0.25) is 0 Å². The molecular weight excluding hydrogens is 217 g/mol. The minimum Gasteiger partial charge on any atom is -0.399 e. The number of piperidine rings is 1. The van der Waals surface area contributed by atoms with E-state index in [9.17, 15) is 4.39 Å². The molecule has 0 amide bonds. The van der Waals surface area contributed by atoms with Crippen LogP contribution in [-0.4, -0.2) is 30.6 Å². The maximum atomic E-state index is 13.6. The smallest absolute Gasteiger partial charge is 0.148 e. The summed E-state index contributed by atoms with van der Waals surface area (Å²) in [5.74, 6) is -0.265. The summed E-state index contributed by atoms with van der Waals surface area (Å²) in [7, 11) is 0. The third kappa shape index (κ3) is 3.09. The van der Waals surface area contributed by atoms with Crippen LogP contribution in [0.1, 0.15) is 19.8 Å². The summed E-state index contributed by atoms with van der Waals surface area (Å²) < 4.78 is 13.6. The summed E-state index contributed by atoms with van der Waals surface area (Å²) in [6.07, 6.45) is 2.27. The summed E-state index contributed by atoms with van der Waals surface area (Å²) in [6, 6.07) is 5.14. The molecule has 94 valence electrons. The van der Waals surface area contributed by atoms with Gasteiger partial charge in [0, 0.05) is 18.3 Å². The third-order valence-electron chi connectivity index (χ3n) is 3.31. The Hall–Kier alpha value is -1.29. The van der Waals surface area contributed by atoms with Gasteiger partial charge in [0.25, 0.3) is 0 Å². The van der Waals surface area contributed by atoms with Crippen LogP contribution in [-0.2, 0) is 0 Å². The van der Waals surface area contributed by atoms with Crippen molar-refractivity contribution < 1.29 is 4.39 Å². The number of rotatable bonds is 3. The number of benzene rings is 1. The summed E-state index contributed by atoms with van der Waals surface area (Å²) in [4.78, 5) is 2.39. The Morgan fingerprint density at radius 1 is 1.53 bits per heavy atom. The van der Waals surface area contributed by atoms with Crippen LogP contribution < -0.4 is 11.1 Å². The molecule has 0 radical (unpaired) electrons. The van der Waals surface area contributed by atoms with Gasteiger partial charge < -0.3 is 16.0 Å². The van der Waals surface area contributed by atoms with Crippen LogP contribution in [0.2, 0.25) is 0 Å². The molecule has 3 nitrogen and oxygen atoms in total. The second kappa shape index (κ2) is 5.36. The largest absolute Gasteiger partial charge is 0.399 e. The van der Waals surface area contributed by atoms with Crippen molar-refractivity contribution in [1.29, 1.82) is 0 Å². The van der Waals surface area contributed by atoms with Crippen molar-refractivity contribution in [3.8, 4) is 0 Å². The number of nitrogens with zero attached hydrogens (tertiary/aromatic N) is 1. The summed E-state index contributed by atoms with van der Waals surface area (Å²) in [5, 5.41) is 3.27. The second-order valence-corrected chi connectivity index (χ2v) is 4.62. The lowest BCUT2D eigenvalue weighted by Crippen LogP contribution is -2.41. The molecule has 17 heavy (non-hydrogen) atoms. The number of nitrogens with one attached hydrogen (secondary N) is 1. The zero-order chi connectivity index (χ0) is 12.3. The molecule has 1 heterocycles. The van der Waals surface area contributed by atoms with Gasteiger partial charge in [-0.05, 0) is 44.1 Å². The zero-order valence-electron chi connectivity index (χ0n) is 10.2. The van der Waals surface area contributed by atoms with Crippen molar-refractivity contribution >= 4 is 11.4 Å². The first-order chi connectivity index (χ1) is 8.19. The van der Waals surface area contributed by atoms with Gasteiger partial charge >= 0.3 is 0 Å². The van der Waals surface area contributed by atoms with E-state index in [0.717, 1.165) is 26.1 Å². The van der Waals surface area contributed by atoms with Crippen LogP contribution in [0.5, 0.6) is 0 Å². The van der Waals surface area contributed by atoms with Gasteiger partial charge in [-0.1, -0.05) is 6.92 Å². The molecule has 3 N–H and O–H groups in total. The Balaban J connectivity index is 2.00. The number of likely N-dealkylation sites (N-methyl/N-ethyl adjacent to an activating group) is 1. The Morgan fingerprint density at radius 2 is 2.35 bits per heavy atom. The Kier molecular flexibility index (Phi) is 3.84. The van der Waals surface area contributed by atoms with E-state index in [1.165, 1.54) is 12.5 Å². The van der Waals surface area contributed by atoms with Crippen LogP contribution in [0.25, 0.3) is 0 Å². The standard InChI is InChI=1S/C13H20FN3/c1-2-17-7-3-4-11(9-17)16-13-6-5-10(15)8-12(13)14/h5-6,8,11,16H,2-4,7,9,15H2,1H3. The first-order valence-electron chi connectivity index (χ1n) is 6.23. The first-order valence-corrected chi connectivity index (χ1v) is 6.23. The highest BCUT2D eigenvalue weighted by Gasteiger charge is 2.19. The van der Waals surface area contributed by atoms with E-state index in [0.29, 0.717) is 17.4 Å². The number of nitrogens with two attached hydrogens (primary N) is 1. The molecule has 1 aromatic rings. The molecule has 1 fully saturated rings. The molecule has 1 aliphatic rings. The fourth-order valence-electron chi connectivity index (χ4n) is 2.33. The van der Waals surface area contributed by atoms with Crippen LogP contribution >= 0.6 is 0 Å². The van der Waals surface area contributed by atoms with Crippen LogP contribution in [0.15, 0.2) is 18.2 Å². The quantitative estimate of drug-likeness (QED) is 0.793. The molecule has 1 unspecified atom stereocenters. The maximum absolute atomic E-state index is 13.6. The highest BCUT2D eigenvalue weighted by atomic mass is 19.1. The van der Waals surface area contributed by atoms with Gasteiger partial charge in [-0.25, -0.2) is 4.39 Å². The summed E-state index contributed by atoms with van der Waals surface area (Å²) >= 11 is 0. The minimum absolute atomic E-state index is 0.265. The van der Waals surface area contributed by atoms with E-state index in [1.54, 1.807) is 12.1 Å². The number of anilines is 2. The molecule has 1 atom stereocenters. The monoisotopic (exact) mass is 237 g/mol. The van der Waals surface area contributed by atoms with Crippen molar-refractivity contribution in [1.82, 2.24) is 4.90 Å². The lowest BCUT2D eigenvalue weighted by Gasteiger charge is -2.32. The predicted molar refractivity (Wildman–Crippen MR) is 69.6 cm³/mol. The molecule has 1 aromatic carbocycles. The van der Waals surface area contributed by atoms with E-state index in [2.05, 4.69) is 17.1 Å². The molecule has 1 aliphatic heterocycles. The maximum Gasteiger partial charge on any atom is 0.148 e. The zero-order valence-corrected chi connectivity index (χ0v) is 10.2. The van der Waals surface area contributed by atoms with E-state index in [4.69, 9.17) is 5.73 Å². The van der Waals surface area contributed by atoms with Crippen molar-refractivity contribution in [3.63, 3.8) is 0 Å². The molecule has 2 rings (SSSR count). The van der Waals surface area contributed by atoms with Crippen LogP contribution in [0.3, 0.4) is 0 Å². The molecule has 0 saturated carbocycles. The predicted octanol–water partition coefficient (Wildman–Crippen LogP) is 2.30. The van der Waals surface area contributed by atoms with E-state index < -0.39 is 0 Å².